The summed E-state index contributed by atoms with van der Waals surface area (Å²) in [6, 6.07) is 8.92. The molecule has 7 nitrogen and oxygen atoms in total. The molecule has 7 heteroatoms. The first-order valence-corrected chi connectivity index (χ1v) is 8.43. The second-order valence-electron chi connectivity index (χ2n) is 6.34. The van der Waals surface area contributed by atoms with Gasteiger partial charge in [-0.15, -0.1) is 0 Å². The molecule has 136 valence electrons. The fraction of sp³-hybridized carbons (Fsp3) is 0.500. The van der Waals surface area contributed by atoms with Crippen LogP contribution in [0.5, 0.6) is 0 Å². The van der Waals surface area contributed by atoms with E-state index in [-0.39, 0.29) is 24.8 Å². The zero-order valence-corrected chi connectivity index (χ0v) is 14.4. The summed E-state index contributed by atoms with van der Waals surface area (Å²) in [6.45, 7) is 0.747. The fourth-order valence-corrected chi connectivity index (χ4v) is 3.06. The Bertz CT molecular complexity index is 606. The molecule has 0 spiro atoms. The van der Waals surface area contributed by atoms with E-state index in [9.17, 15) is 14.4 Å². The number of esters is 1. The number of carbonyl (C=O) groups excluding carboxylic acids is 3. The van der Waals surface area contributed by atoms with Crippen LogP contribution in [0.1, 0.15) is 24.8 Å². The first-order valence-electron chi connectivity index (χ1n) is 8.43. The molecule has 1 aromatic rings. The van der Waals surface area contributed by atoms with Crippen molar-refractivity contribution < 1.29 is 19.1 Å². The molecule has 4 N–H and O–H groups in total. The largest absolute Gasteiger partial charge is 0.467 e. The summed E-state index contributed by atoms with van der Waals surface area (Å²) < 4.78 is 4.68. The van der Waals surface area contributed by atoms with Gasteiger partial charge in [0.05, 0.1) is 13.2 Å². The molecule has 1 aliphatic rings. The molecule has 1 aromatic carbocycles. The highest BCUT2D eigenvalue weighted by Gasteiger charge is 2.32. The van der Waals surface area contributed by atoms with Crippen LogP contribution in [0.15, 0.2) is 30.3 Å². The third-order valence-electron chi connectivity index (χ3n) is 4.39. The number of carbonyl (C=O) groups is 3. The topological polar surface area (TPSA) is 111 Å². The average Bonchev–Trinajstić information content (AvgIpc) is 3.07. The quantitative estimate of drug-likeness (QED) is 0.579. The van der Waals surface area contributed by atoms with Crippen LogP contribution in [0.4, 0.5) is 0 Å². The van der Waals surface area contributed by atoms with Crippen LogP contribution in [0, 0.1) is 5.92 Å². The summed E-state index contributed by atoms with van der Waals surface area (Å²) in [5.41, 5.74) is 6.35. The molecular formula is C18H25N3O4. The number of amides is 2. The highest BCUT2D eigenvalue weighted by Crippen LogP contribution is 2.19. The first-order chi connectivity index (χ1) is 12.0. The molecule has 1 heterocycles. The van der Waals surface area contributed by atoms with Crippen molar-refractivity contribution in [3.8, 4) is 0 Å². The van der Waals surface area contributed by atoms with E-state index in [2.05, 4.69) is 27.5 Å². The molecule has 0 saturated carbocycles. The Labute approximate surface area is 147 Å². The molecule has 1 fully saturated rings. The first kappa shape index (κ1) is 18.9. The fourth-order valence-electron chi connectivity index (χ4n) is 3.06. The molecule has 3 atom stereocenters. The van der Waals surface area contributed by atoms with E-state index in [1.807, 2.05) is 18.2 Å². The Morgan fingerprint density at radius 2 is 2.04 bits per heavy atom. The predicted molar refractivity (Wildman–Crippen MR) is 92.4 cm³/mol. The minimum atomic E-state index is -0.861. The molecule has 0 aromatic heterocycles. The number of hydrogen-bond acceptors (Lipinski definition) is 5. The monoisotopic (exact) mass is 347 g/mol. The molecule has 2 rings (SSSR count). The number of nitrogens with one attached hydrogen (secondary N) is 2. The molecule has 0 bridgehead atoms. The maximum atomic E-state index is 12.4. The van der Waals surface area contributed by atoms with Crippen LogP contribution in [-0.4, -0.2) is 43.5 Å². The normalized spacial score (nSPS) is 20.7. The predicted octanol–water partition coefficient (Wildman–Crippen LogP) is 0.131. The van der Waals surface area contributed by atoms with E-state index < -0.39 is 17.9 Å². The molecule has 1 saturated heterocycles. The van der Waals surface area contributed by atoms with Crippen molar-refractivity contribution in [1.82, 2.24) is 10.6 Å². The van der Waals surface area contributed by atoms with Gasteiger partial charge in [-0.3, -0.25) is 9.59 Å². The lowest BCUT2D eigenvalue weighted by Gasteiger charge is -2.18. The Hall–Kier alpha value is -2.41. The third-order valence-corrected chi connectivity index (χ3v) is 4.39. The minimum Gasteiger partial charge on any atom is -0.467 e. The number of hydrogen-bond donors (Lipinski definition) is 3. The van der Waals surface area contributed by atoms with Gasteiger partial charge in [-0.25, -0.2) is 4.79 Å². The Kier molecular flexibility index (Phi) is 6.94. The summed E-state index contributed by atoms with van der Waals surface area (Å²) in [4.78, 5) is 35.1. The van der Waals surface area contributed by atoms with Crippen molar-refractivity contribution >= 4 is 17.8 Å². The van der Waals surface area contributed by atoms with Gasteiger partial charge in [-0.2, -0.15) is 0 Å². The number of nitrogens with two attached hydrogens (primary N) is 1. The zero-order chi connectivity index (χ0) is 18.2. The molecule has 1 aliphatic heterocycles. The smallest absolute Gasteiger partial charge is 0.328 e. The second kappa shape index (κ2) is 9.17. The summed E-state index contributed by atoms with van der Waals surface area (Å²) in [5, 5.41) is 5.86. The second-order valence-corrected chi connectivity index (χ2v) is 6.34. The summed E-state index contributed by atoms with van der Waals surface area (Å²) in [6.07, 6.45) is 1.74. The number of methoxy groups -OCH3 is 1. The lowest BCUT2D eigenvalue weighted by Crippen LogP contribution is -2.48. The van der Waals surface area contributed by atoms with Gasteiger partial charge in [-0.05, 0) is 37.3 Å². The van der Waals surface area contributed by atoms with Crippen LogP contribution in [-0.2, 0) is 25.5 Å². The lowest BCUT2D eigenvalue weighted by molar-refractivity contribution is -0.145. The standard InChI is InChI=1S/C18H25N3O4/c1-25-18(24)14(7-8-16(19)22)21-17(23)15-10-13(11-20-15)9-12-5-3-2-4-6-12/h2-6,13-15,20H,7-11H2,1H3,(H2,19,22)(H,21,23)/t13-,14-,15+/m0/s1. The number of ether oxygens (including phenoxy) is 1. The number of benzene rings is 1. The van der Waals surface area contributed by atoms with Gasteiger partial charge < -0.3 is 21.1 Å². The van der Waals surface area contributed by atoms with Crippen LogP contribution in [0.2, 0.25) is 0 Å². The van der Waals surface area contributed by atoms with Gasteiger partial charge in [0.25, 0.3) is 0 Å². The molecule has 25 heavy (non-hydrogen) atoms. The Balaban J connectivity index is 1.86. The Morgan fingerprint density at radius 3 is 2.68 bits per heavy atom. The number of rotatable bonds is 8. The highest BCUT2D eigenvalue weighted by molar-refractivity contribution is 5.88. The average molecular weight is 347 g/mol. The van der Waals surface area contributed by atoms with Gasteiger partial charge >= 0.3 is 5.97 Å². The summed E-state index contributed by atoms with van der Waals surface area (Å²) in [5.74, 6) is -0.991. The van der Waals surface area contributed by atoms with Crippen molar-refractivity contribution in [2.45, 2.75) is 37.8 Å². The lowest BCUT2D eigenvalue weighted by atomic mass is 9.96. The van der Waals surface area contributed by atoms with Crippen molar-refractivity contribution in [1.29, 1.82) is 0 Å². The van der Waals surface area contributed by atoms with Gasteiger partial charge in [0.15, 0.2) is 0 Å². The van der Waals surface area contributed by atoms with E-state index in [0.29, 0.717) is 12.3 Å². The van der Waals surface area contributed by atoms with E-state index in [1.165, 1.54) is 12.7 Å². The SMILES string of the molecule is COC(=O)[C@H](CCC(N)=O)NC(=O)[C@H]1C[C@H](Cc2ccccc2)CN1. The van der Waals surface area contributed by atoms with E-state index in [0.717, 1.165) is 13.0 Å². The van der Waals surface area contributed by atoms with Crippen molar-refractivity contribution in [2.24, 2.45) is 11.7 Å². The molecule has 0 radical (unpaired) electrons. The van der Waals surface area contributed by atoms with Crippen LogP contribution < -0.4 is 16.4 Å². The van der Waals surface area contributed by atoms with Crippen LogP contribution in [0.25, 0.3) is 0 Å². The van der Waals surface area contributed by atoms with E-state index in [1.54, 1.807) is 0 Å². The summed E-state index contributed by atoms with van der Waals surface area (Å²) >= 11 is 0. The molecular weight excluding hydrogens is 322 g/mol. The Morgan fingerprint density at radius 1 is 1.32 bits per heavy atom. The zero-order valence-electron chi connectivity index (χ0n) is 14.4. The van der Waals surface area contributed by atoms with Crippen LogP contribution >= 0.6 is 0 Å². The summed E-state index contributed by atoms with van der Waals surface area (Å²) in [7, 11) is 1.25. The van der Waals surface area contributed by atoms with Crippen molar-refractivity contribution in [2.75, 3.05) is 13.7 Å². The van der Waals surface area contributed by atoms with Gasteiger partial charge in [0.2, 0.25) is 11.8 Å². The number of primary amides is 1. The highest BCUT2D eigenvalue weighted by atomic mass is 16.5. The van der Waals surface area contributed by atoms with Crippen LogP contribution in [0.3, 0.4) is 0 Å². The van der Waals surface area contributed by atoms with Crippen molar-refractivity contribution in [3.05, 3.63) is 35.9 Å². The third kappa shape index (κ3) is 5.86. The van der Waals surface area contributed by atoms with Crippen molar-refractivity contribution in [3.63, 3.8) is 0 Å². The van der Waals surface area contributed by atoms with Gasteiger partial charge in [-0.1, -0.05) is 30.3 Å². The minimum absolute atomic E-state index is 0.00870. The maximum Gasteiger partial charge on any atom is 0.328 e. The maximum absolute atomic E-state index is 12.4. The molecule has 0 unspecified atom stereocenters. The van der Waals surface area contributed by atoms with Gasteiger partial charge in [0.1, 0.15) is 6.04 Å². The van der Waals surface area contributed by atoms with E-state index in [4.69, 9.17) is 5.73 Å². The van der Waals surface area contributed by atoms with E-state index >= 15 is 0 Å². The van der Waals surface area contributed by atoms with Gasteiger partial charge in [0, 0.05) is 6.42 Å². The molecule has 0 aliphatic carbocycles. The molecule has 2 amide bonds.